The molecule has 2 bridgehead atoms. The van der Waals surface area contributed by atoms with E-state index < -0.39 is 41.9 Å². The number of hydrogen-bond donors (Lipinski definition) is 2. The minimum atomic E-state index is -4.59. The maximum atomic E-state index is 13.5. The minimum Gasteiger partial charge on any atom is -0.493 e. The van der Waals surface area contributed by atoms with Crippen molar-refractivity contribution in [3.05, 3.63) is 59.2 Å². The summed E-state index contributed by atoms with van der Waals surface area (Å²) in [6.07, 6.45) is -3.66. The van der Waals surface area contributed by atoms with Gasteiger partial charge in [0.15, 0.2) is 18.1 Å². The zero-order chi connectivity index (χ0) is 31.6. The molecule has 0 spiro atoms. The number of hydrogen-bond acceptors (Lipinski definition) is 6. The van der Waals surface area contributed by atoms with Crippen LogP contribution >= 0.6 is 0 Å². The molecule has 1 atom stereocenters. The first-order valence-corrected chi connectivity index (χ1v) is 14.0. The Hall–Kier alpha value is -4.29. The number of halogens is 3. The second-order valence-corrected chi connectivity index (χ2v) is 10.2. The van der Waals surface area contributed by atoms with Gasteiger partial charge in [-0.15, -0.1) is 0 Å². The molecule has 0 saturated heterocycles. The van der Waals surface area contributed by atoms with Crippen molar-refractivity contribution in [2.45, 2.75) is 44.8 Å². The molecule has 4 rings (SSSR count). The van der Waals surface area contributed by atoms with Gasteiger partial charge in [0.1, 0.15) is 6.04 Å². The lowest BCUT2D eigenvalue weighted by atomic mass is 10.0. The van der Waals surface area contributed by atoms with E-state index in [0.29, 0.717) is 25.8 Å². The molecular weight excluding hydrogens is 569 g/mol. The Bertz CT molecular complexity index is 1300. The fourth-order valence-corrected chi connectivity index (χ4v) is 4.67. The Kier molecular flexibility index (Phi) is 11.8. The van der Waals surface area contributed by atoms with Crippen LogP contribution < -0.4 is 20.1 Å². The number of fused-ring (bicyclic) bond motifs is 18. The third-order valence-corrected chi connectivity index (χ3v) is 6.99. The van der Waals surface area contributed by atoms with Gasteiger partial charge in [0.05, 0.1) is 19.1 Å². The van der Waals surface area contributed by atoms with Crippen LogP contribution in [0.1, 0.15) is 47.7 Å². The quantitative estimate of drug-likeness (QED) is 0.519. The monoisotopic (exact) mass is 606 g/mol. The van der Waals surface area contributed by atoms with Crippen LogP contribution in [0, 0.1) is 0 Å². The summed E-state index contributed by atoms with van der Waals surface area (Å²) >= 11 is 0. The Labute approximate surface area is 248 Å². The van der Waals surface area contributed by atoms with Gasteiger partial charge in [0, 0.05) is 38.8 Å². The number of ether oxygens (including phenoxy) is 2. The summed E-state index contributed by atoms with van der Waals surface area (Å²) in [4.78, 5) is 54.1. The minimum absolute atomic E-state index is 0.113. The van der Waals surface area contributed by atoms with Crippen molar-refractivity contribution < 1.29 is 41.8 Å². The van der Waals surface area contributed by atoms with Gasteiger partial charge in [-0.05, 0) is 56.0 Å². The van der Waals surface area contributed by atoms with E-state index in [0.717, 1.165) is 6.07 Å². The summed E-state index contributed by atoms with van der Waals surface area (Å²) in [6.45, 7) is 2.19. The number of benzene rings is 2. The number of likely N-dealkylation sites (N-methyl/N-ethyl adjacent to an activating group) is 1. The van der Waals surface area contributed by atoms with Crippen LogP contribution in [-0.2, 0) is 27.0 Å². The summed E-state index contributed by atoms with van der Waals surface area (Å²) in [7, 11) is 2.99. The molecule has 0 aliphatic carbocycles. The second-order valence-electron chi connectivity index (χ2n) is 10.2. The number of carbonyl (C=O) groups is 4. The molecular formula is C30H37F3N4O6. The first kappa shape index (κ1) is 33.2. The van der Waals surface area contributed by atoms with Gasteiger partial charge in [0.2, 0.25) is 11.8 Å². The highest BCUT2D eigenvalue weighted by atomic mass is 19.4. The average Bonchev–Trinajstić information content (AvgIpc) is 2.97. The number of nitrogens with one attached hydrogen (secondary N) is 2. The highest BCUT2D eigenvalue weighted by Gasteiger charge is 2.33. The van der Waals surface area contributed by atoms with Crippen molar-refractivity contribution in [2.75, 3.05) is 46.9 Å². The van der Waals surface area contributed by atoms with Gasteiger partial charge in [-0.25, -0.2) is 0 Å². The van der Waals surface area contributed by atoms with Gasteiger partial charge >= 0.3 is 6.18 Å². The standard InChI is InChI=1S/C30H37F3N4O6/c1-20-29(41)36(2)14-6-7-15-37(27(39)18-21-9-4-5-10-23(21)30(31,32)33)16-8-13-34-28(40)22-11-12-24(25(17-22)42-3)43-19-26(38)35-20/h4-5,9-12,17,20H,6-8,13-16,18-19H2,1-3H3,(H,34,40)(H,35,38)/t20-/m0/s1. The van der Waals surface area contributed by atoms with Crippen molar-refractivity contribution in [1.29, 1.82) is 0 Å². The van der Waals surface area contributed by atoms with E-state index in [1.165, 1.54) is 53.3 Å². The fourth-order valence-electron chi connectivity index (χ4n) is 4.67. The second kappa shape index (κ2) is 15.3. The van der Waals surface area contributed by atoms with E-state index in [2.05, 4.69) is 10.6 Å². The molecule has 4 amide bonds. The third-order valence-electron chi connectivity index (χ3n) is 6.99. The highest BCUT2D eigenvalue weighted by Crippen LogP contribution is 2.32. The third kappa shape index (κ3) is 9.62. The van der Waals surface area contributed by atoms with Crippen molar-refractivity contribution in [2.24, 2.45) is 0 Å². The normalized spacial score (nSPS) is 18.3. The van der Waals surface area contributed by atoms with Crippen LogP contribution in [0.5, 0.6) is 11.5 Å². The summed E-state index contributed by atoms with van der Waals surface area (Å²) < 4.78 is 51.4. The van der Waals surface area contributed by atoms with Gasteiger partial charge in [-0.1, -0.05) is 18.2 Å². The first-order chi connectivity index (χ1) is 20.4. The Morgan fingerprint density at radius 3 is 2.47 bits per heavy atom. The molecule has 0 saturated carbocycles. The highest BCUT2D eigenvalue weighted by molar-refractivity contribution is 5.95. The zero-order valence-corrected chi connectivity index (χ0v) is 24.5. The van der Waals surface area contributed by atoms with Crippen LogP contribution in [0.15, 0.2) is 42.5 Å². The summed E-state index contributed by atoms with van der Waals surface area (Å²) in [5.41, 5.74) is -0.690. The fraction of sp³-hybridized carbons (Fsp3) is 0.467. The van der Waals surface area contributed by atoms with E-state index in [-0.39, 0.29) is 54.8 Å². The number of methoxy groups -OCH3 is 1. The van der Waals surface area contributed by atoms with Crippen LogP contribution in [-0.4, -0.2) is 86.4 Å². The lowest BCUT2D eigenvalue weighted by Crippen LogP contribution is -2.47. The molecule has 0 aromatic heterocycles. The van der Waals surface area contributed by atoms with Gasteiger partial charge in [0.25, 0.3) is 11.8 Å². The summed E-state index contributed by atoms with van der Waals surface area (Å²) in [5, 5.41) is 5.37. The van der Waals surface area contributed by atoms with E-state index in [1.807, 2.05) is 0 Å². The molecule has 0 radical (unpaired) electrons. The Morgan fingerprint density at radius 2 is 1.74 bits per heavy atom. The molecule has 10 nitrogen and oxygen atoms in total. The first-order valence-electron chi connectivity index (χ1n) is 14.0. The Morgan fingerprint density at radius 1 is 1.05 bits per heavy atom. The largest absolute Gasteiger partial charge is 0.493 e. The number of amides is 4. The molecule has 0 unspecified atom stereocenters. The molecule has 43 heavy (non-hydrogen) atoms. The SMILES string of the molecule is COc1cc2ccc1OCC(=O)N[C@@H](C)C(=O)N(C)CCCCN(C(=O)Cc1ccccc1C(F)(F)F)CCCNC2=O. The Balaban J connectivity index is 1.77. The number of alkyl halides is 3. The van der Waals surface area contributed by atoms with E-state index >= 15 is 0 Å². The molecule has 2 aliphatic rings. The number of nitrogens with zero attached hydrogens (tertiary/aromatic N) is 2. The van der Waals surface area contributed by atoms with E-state index in [4.69, 9.17) is 9.47 Å². The molecule has 2 heterocycles. The van der Waals surface area contributed by atoms with Gasteiger partial charge < -0.3 is 29.9 Å². The van der Waals surface area contributed by atoms with Crippen molar-refractivity contribution >= 4 is 23.6 Å². The lowest BCUT2D eigenvalue weighted by Gasteiger charge is -2.25. The van der Waals surface area contributed by atoms with E-state index in [9.17, 15) is 32.3 Å². The maximum Gasteiger partial charge on any atom is 0.416 e. The van der Waals surface area contributed by atoms with Gasteiger partial charge in [-0.3, -0.25) is 19.2 Å². The van der Waals surface area contributed by atoms with Crippen LogP contribution in [0.2, 0.25) is 0 Å². The van der Waals surface area contributed by atoms with Crippen molar-refractivity contribution in [3.63, 3.8) is 0 Å². The lowest BCUT2D eigenvalue weighted by molar-refractivity contribution is -0.139. The predicted octanol–water partition coefficient (Wildman–Crippen LogP) is 3.04. The smallest absolute Gasteiger partial charge is 0.416 e. The number of carbonyl (C=O) groups excluding carboxylic acids is 4. The van der Waals surface area contributed by atoms with E-state index in [1.54, 1.807) is 14.0 Å². The average molecular weight is 607 g/mol. The summed E-state index contributed by atoms with van der Waals surface area (Å²) in [5.74, 6) is -1.25. The topological polar surface area (TPSA) is 117 Å². The summed E-state index contributed by atoms with van der Waals surface area (Å²) in [6, 6.07) is 8.61. The molecule has 2 N–H and O–H groups in total. The van der Waals surface area contributed by atoms with Gasteiger partial charge in [-0.2, -0.15) is 13.2 Å². The van der Waals surface area contributed by atoms with Crippen LogP contribution in [0.25, 0.3) is 0 Å². The molecule has 0 fully saturated rings. The van der Waals surface area contributed by atoms with Crippen molar-refractivity contribution in [3.8, 4) is 11.5 Å². The van der Waals surface area contributed by atoms with Crippen LogP contribution in [0.4, 0.5) is 13.2 Å². The predicted molar refractivity (Wildman–Crippen MR) is 152 cm³/mol. The van der Waals surface area contributed by atoms with Crippen LogP contribution in [0.3, 0.4) is 0 Å². The van der Waals surface area contributed by atoms with Crippen molar-refractivity contribution in [1.82, 2.24) is 20.4 Å². The molecule has 2 aromatic carbocycles. The zero-order valence-electron chi connectivity index (χ0n) is 24.5. The maximum absolute atomic E-state index is 13.5. The molecule has 2 aliphatic heterocycles. The molecule has 2 aromatic rings. The molecule has 13 heteroatoms. The molecule has 234 valence electrons. The number of rotatable bonds is 3.